The number of carbonyl (C=O) groups is 1. The minimum absolute atomic E-state index is 0.0585. The Kier molecular flexibility index (Phi) is 2.87. The first kappa shape index (κ1) is 12.7. The molecule has 2 aliphatic rings. The van der Waals surface area contributed by atoms with Crippen LogP contribution in [0.4, 0.5) is 9.18 Å². The summed E-state index contributed by atoms with van der Waals surface area (Å²) in [5, 5.41) is 7.08. The molecule has 1 saturated carbocycles. The van der Waals surface area contributed by atoms with Crippen LogP contribution in [0.15, 0.2) is 18.2 Å². The van der Waals surface area contributed by atoms with Crippen LogP contribution in [0, 0.1) is 5.82 Å². The molecule has 0 radical (unpaired) electrons. The van der Waals surface area contributed by atoms with Gasteiger partial charge in [0, 0.05) is 28.7 Å². The molecule has 1 heterocycles. The predicted molar refractivity (Wildman–Crippen MR) is 78.8 cm³/mol. The average molecular weight is 287 g/mol. The summed E-state index contributed by atoms with van der Waals surface area (Å²) in [7, 11) is 0. The number of aromatic nitrogens is 1. The number of halogens is 1. The number of carbonyl (C=O) groups excluding carboxylic acids is 1. The van der Waals surface area contributed by atoms with Crippen molar-refractivity contribution in [3.63, 3.8) is 0 Å². The van der Waals surface area contributed by atoms with Crippen molar-refractivity contribution >= 4 is 16.9 Å². The fourth-order valence-electron chi connectivity index (χ4n) is 3.16. The first-order valence-electron chi connectivity index (χ1n) is 7.55. The van der Waals surface area contributed by atoms with Crippen molar-refractivity contribution in [1.29, 1.82) is 0 Å². The van der Waals surface area contributed by atoms with E-state index in [2.05, 4.69) is 15.6 Å². The fraction of sp³-hybridized carbons (Fsp3) is 0.438. The van der Waals surface area contributed by atoms with Gasteiger partial charge in [0.2, 0.25) is 0 Å². The highest BCUT2D eigenvalue weighted by molar-refractivity contribution is 5.85. The smallest absolute Gasteiger partial charge is 0.315 e. The lowest BCUT2D eigenvalue weighted by molar-refractivity contribution is 0.235. The molecule has 0 bridgehead atoms. The summed E-state index contributed by atoms with van der Waals surface area (Å²) in [5.74, 6) is -0.223. The summed E-state index contributed by atoms with van der Waals surface area (Å²) in [6.45, 7) is 0. The Morgan fingerprint density at radius 1 is 1.19 bits per heavy atom. The summed E-state index contributed by atoms with van der Waals surface area (Å²) >= 11 is 0. The number of benzene rings is 1. The highest BCUT2D eigenvalue weighted by Gasteiger charge is 2.27. The van der Waals surface area contributed by atoms with Crippen molar-refractivity contribution in [2.75, 3.05) is 0 Å². The van der Waals surface area contributed by atoms with Gasteiger partial charge >= 0.3 is 6.03 Å². The monoisotopic (exact) mass is 287 g/mol. The quantitative estimate of drug-likeness (QED) is 0.781. The van der Waals surface area contributed by atoms with E-state index in [1.54, 1.807) is 0 Å². The minimum atomic E-state index is -0.223. The van der Waals surface area contributed by atoms with E-state index in [9.17, 15) is 9.18 Å². The molecule has 2 amide bonds. The molecule has 1 atom stereocenters. The van der Waals surface area contributed by atoms with Gasteiger partial charge in [-0.05, 0) is 55.9 Å². The number of H-pyrrole nitrogens is 1. The first-order valence-corrected chi connectivity index (χ1v) is 7.55. The summed E-state index contributed by atoms with van der Waals surface area (Å²) in [4.78, 5) is 15.1. The third kappa shape index (κ3) is 2.48. The van der Waals surface area contributed by atoms with E-state index in [1.807, 2.05) is 6.07 Å². The van der Waals surface area contributed by atoms with Gasteiger partial charge in [0.1, 0.15) is 5.82 Å². The highest BCUT2D eigenvalue weighted by Crippen LogP contribution is 2.29. The largest absolute Gasteiger partial charge is 0.358 e. The number of aryl methyl sites for hydroxylation is 1. The second-order valence-electron chi connectivity index (χ2n) is 6.10. The van der Waals surface area contributed by atoms with Gasteiger partial charge in [-0.25, -0.2) is 9.18 Å². The second-order valence-corrected chi connectivity index (χ2v) is 6.10. The summed E-state index contributed by atoms with van der Waals surface area (Å²) in [5.41, 5.74) is 3.24. The number of nitrogens with one attached hydrogen (secondary N) is 3. The molecule has 4 nitrogen and oxygen atoms in total. The molecular weight excluding hydrogens is 269 g/mol. The van der Waals surface area contributed by atoms with Crippen LogP contribution in [-0.2, 0) is 12.8 Å². The number of amides is 2. The van der Waals surface area contributed by atoms with Gasteiger partial charge in [-0.3, -0.25) is 0 Å². The van der Waals surface area contributed by atoms with Crippen LogP contribution in [0.3, 0.4) is 0 Å². The number of urea groups is 1. The lowest BCUT2D eigenvalue weighted by Crippen LogP contribution is -2.45. The highest BCUT2D eigenvalue weighted by atomic mass is 19.1. The Balaban J connectivity index is 1.53. The Hall–Kier alpha value is -2.04. The molecule has 2 aliphatic carbocycles. The van der Waals surface area contributed by atoms with E-state index in [-0.39, 0.29) is 17.9 Å². The van der Waals surface area contributed by atoms with Crippen LogP contribution in [0.5, 0.6) is 0 Å². The molecule has 0 saturated heterocycles. The van der Waals surface area contributed by atoms with Gasteiger partial charge in [0.15, 0.2) is 0 Å². The van der Waals surface area contributed by atoms with Crippen LogP contribution in [0.2, 0.25) is 0 Å². The maximum Gasteiger partial charge on any atom is 0.315 e. The zero-order valence-corrected chi connectivity index (χ0v) is 11.7. The number of aromatic amines is 1. The standard InChI is InChI=1S/C16H18FN3O/c17-9-1-5-12-13-8-11(19-16(21)18-10-2-3-10)4-6-14(13)20-15(12)7-9/h1,5,7,10-11,20H,2-4,6,8H2,(H2,18,19,21). The minimum Gasteiger partial charge on any atom is -0.358 e. The Morgan fingerprint density at radius 2 is 2.00 bits per heavy atom. The maximum absolute atomic E-state index is 13.3. The number of hydrogen-bond donors (Lipinski definition) is 3. The molecule has 110 valence electrons. The Bertz CT molecular complexity index is 705. The van der Waals surface area contributed by atoms with Gasteiger partial charge in [0.25, 0.3) is 0 Å². The van der Waals surface area contributed by atoms with E-state index in [1.165, 1.54) is 23.4 Å². The number of hydrogen-bond acceptors (Lipinski definition) is 1. The predicted octanol–water partition coefficient (Wildman–Crippen LogP) is 2.63. The molecule has 4 rings (SSSR count). The van der Waals surface area contributed by atoms with Crippen molar-refractivity contribution in [3.8, 4) is 0 Å². The van der Waals surface area contributed by atoms with E-state index < -0.39 is 0 Å². The molecule has 2 aromatic rings. The van der Waals surface area contributed by atoms with E-state index >= 15 is 0 Å². The van der Waals surface area contributed by atoms with Crippen molar-refractivity contribution < 1.29 is 9.18 Å². The van der Waals surface area contributed by atoms with E-state index in [4.69, 9.17) is 0 Å². The number of rotatable bonds is 2. The SMILES string of the molecule is O=C(NC1CC1)NC1CCc2[nH]c3cc(F)ccc3c2C1. The summed E-state index contributed by atoms with van der Waals surface area (Å²) in [6, 6.07) is 5.33. The van der Waals surface area contributed by atoms with Gasteiger partial charge in [-0.2, -0.15) is 0 Å². The average Bonchev–Trinajstić information content (AvgIpc) is 3.18. The van der Waals surface area contributed by atoms with Crippen molar-refractivity contribution in [2.24, 2.45) is 0 Å². The molecule has 1 aromatic heterocycles. The van der Waals surface area contributed by atoms with Crippen molar-refractivity contribution in [2.45, 2.75) is 44.2 Å². The zero-order valence-electron chi connectivity index (χ0n) is 11.7. The fourth-order valence-corrected chi connectivity index (χ4v) is 3.16. The lowest BCUT2D eigenvalue weighted by atomic mass is 9.91. The summed E-state index contributed by atoms with van der Waals surface area (Å²) < 4.78 is 13.3. The first-order chi connectivity index (χ1) is 10.2. The zero-order chi connectivity index (χ0) is 14.4. The van der Waals surface area contributed by atoms with E-state index in [0.717, 1.165) is 43.0 Å². The van der Waals surface area contributed by atoms with Gasteiger partial charge in [-0.1, -0.05) is 0 Å². The molecule has 1 fully saturated rings. The van der Waals surface area contributed by atoms with Crippen molar-refractivity contribution in [1.82, 2.24) is 15.6 Å². The van der Waals surface area contributed by atoms with Crippen LogP contribution >= 0.6 is 0 Å². The Morgan fingerprint density at radius 3 is 2.81 bits per heavy atom. The van der Waals surface area contributed by atoms with Crippen LogP contribution < -0.4 is 10.6 Å². The van der Waals surface area contributed by atoms with Gasteiger partial charge in [0.05, 0.1) is 0 Å². The van der Waals surface area contributed by atoms with Crippen LogP contribution in [-0.4, -0.2) is 23.1 Å². The Labute approximate surface area is 122 Å². The second kappa shape index (κ2) is 4.76. The normalized spacial score (nSPS) is 21.1. The third-order valence-corrected chi connectivity index (χ3v) is 4.40. The lowest BCUT2D eigenvalue weighted by Gasteiger charge is -2.23. The molecule has 21 heavy (non-hydrogen) atoms. The summed E-state index contributed by atoms with van der Waals surface area (Å²) in [6.07, 6.45) is 4.80. The van der Waals surface area contributed by atoms with Gasteiger partial charge in [-0.15, -0.1) is 0 Å². The topological polar surface area (TPSA) is 56.9 Å². The molecule has 1 unspecified atom stereocenters. The van der Waals surface area contributed by atoms with Gasteiger partial charge < -0.3 is 15.6 Å². The third-order valence-electron chi connectivity index (χ3n) is 4.40. The molecular formula is C16H18FN3O. The van der Waals surface area contributed by atoms with E-state index in [0.29, 0.717) is 6.04 Å². The number of fused-ring (bicyclic) bond motifs is 3. The van der Waals surface area contributed by atoms with Crippen LogP contribution in [0.25, 0.3) is 10.9 Å². The molecule has 0 aliphatic heterocycles. The van der Waals surface area contributed by atoms with Crippen LogP contribution in [0.1, 0.15) is 30.5 Å². The molecule has 1 aromatic carbocycles. The molecule has 3 N–H and O–H groups in total. The molecule has 5 heteroatoms. The van der Waals surface area contributed by atoms with Crippen molar-refractivity contribution in [3.05, 3.63) is 35.3 Å². The molecule has 0 spiro atoms. The maximum atomic E-state index is 13.3.